The lowest BCUT2D eigenvalue weighted by Crippen LogP contribution is -2.48. The van der Waals surface area contributed by atoms with Crippen molar-refractivity contribution in [2.24, 2.45) is 0 Å². The summed E-state index contributed by atoms with van der Waals surface area (Å²) in [6, 6.07) is 1.12. The monoisotopic (exact) mass is 461 g/mol. The number of carbonyl (C=O) groups is 4. The summed E-state index contributed by atoms with van der Waals surface area (Å²) >= 11 is 1.09. The Hall–Kier alpha value is -3.05. The topological polar surface area (TPSA) is 79.1 Å². The Morgan fingerprint density at radius 2 is 1.24 bits per heavy atom. The molecule has 2 aliphatic carbocycles. The minimum absolute atomic E-state index is 0.0905. The summed E-state index contributed by atoms with van der Waals surface area (Å²) in [6.07, 6.45) is 9.08. The molecule has 1 aromatic carbocycles. The van der Waals surface area contributed by atoms with E-state index in [1.54, 1.807) is 0 Å². The lowest BCUT2D eigenvalue weighted by atomic mass is 9.87. The minimum atomic E-state index is -0.462. The molecule has 33 heavy (non-hydrogen) atoms. The Labute approximate surface area is 195 Å². The van der Waals surface area contributed by atoms with Crippen molar-refractivity contribution in [3.8, 4) is 0 Å². The van der Waals surface area contributed by atoms with Gasteiger partial charge in [-0.25, -0.2) is 4.85 Å². The van der Waals surface area contributed by atoms with E-state index in [1.807, 2.05) is 0 Å². The van der Waals surface area contributed by atoms with Gasteiger partial charge in [0.25, 0.3) is 23.6 Å². The zero-order chi connectivity index (χ0) is 22.9. The van der Waals surface area contributed by atoms with E-state index in [1.165, 1.54) is 15.9 Å². The number of hydrogen-bond donors (Lipinski definition) is 0. The highest BCUT2D eigenvalue weighted by Gasteiger charge is 2.46. The van der Waals surface area contributed by atoms with Gasteiger partial charge in [0.15, 0.2) is 0 Å². The van der Waals surface area contributed by atoms with Crippen LogP contribution in [0.15, 0.2) is 6.07 Å². The second-order valence-corrected chi connectivity index (χ2v) is 10.5. The van der Waals surface area contributed by atoms with Gasteiger partial charge in [-0.15, -0.1) is 11.3 Å². The van der Waals surface area contributed by atoms with E-state index < -0.39 is 11.8 Å². The Kier molecular flexibility index (Phi) is 4.66. The van der Waals surface area contributed by atoms with Crippen molar-refractivity contribution in [3.05, 3.63) is 38.4 Å². The largest absolute Gasteiger partial charge is 0.272 e. The lowest BCUT2D eigenvalue weighted by Gasteiger charge is -2.36. The highest BCUT2D eigenvalue weighted by molar-refractivity contribution is 7.18. The van der Waals surface area contributed by atoms with Crippen molar-refractivity contribution in [3.63, 3.8) is 0 Å². The van der Waals surface area contributed by atoms with Crippen molar-refractivity contribution in [2.45, 2.75) is 76.3 Å². The molecule has 4 aliphatic rings. The molecule has 2 saturated carbocycles. The molecule has 8 heteroatoms. The Morgan fingerprint density at radius 1 is 0.727 bits per heavy atom. The number of thiophene rings is 1. The van der Waals surface area contributed by atoms with Gasteiger partial charge in [0.2, 0.25) is 5.69 Å². The molecule has 2 aromatic rings. The van der Waals surface area contributed by atoms with Crippen LogP contribution in [0.3, 0.4) is 0 Å². The van der Waals surface area contributed by atoms with Gasteiger partial charge in [0.05, 0.1) is 12.1 Å². The third-order valence-electron chi connectivity index (χ3n) is 7.67. The highest BCUT2D eigenvalue weighted by Crippen LogP contribution is 2.48. The van der Waals surface area contributed by atoms with Crippen LogP contribution >= 0.6 is 11.3 Å². The van der Waals surface area contributed by atoms with Crippen LogP contribution in [-0.2, 0) is 0 Å². The van der Waals surface area contributed by atoms with Crippen LogP contribution < -0.4 is 0 Å². The van der Waals surface area contributed by atoms with Crippen molar-refractivity contribution >= 4 is 51.4 Å². The Balaban J connectivity index is 1.56. The standard InChI is InChI=1S/C25H23N3O4S/c1-26-16-12-15-17-19-18(16)23(30)28(14-10-6-3-7-11-14)25(32)21(19)33-20(17)24(31)27(22(15)29)13-8-4-2-5-9-13/h12-14H,2-11H2. The minimum Gasteiger partial charge on any atom is -0.272 e. The molecule has 6 rings (SSSR count). The summed E-state index contributed by atoms with van der Waals surface area (Å²) in [7, 11) is 0. The number of rotatable bonds is 2. The second kappa shape index (κ2) is 7.49. The molecular formula is C25H23N3O4S. The summed E-state index contributed by atoms with van der Waals surface area (Å²) in [5, 5.41) is 0.731. The average molecular weight is 462 g/mol. The first-order chi connectivity index (χ1) is 16.0. The van der Waals surface area contributed by atoms with Gasteiger partial charge in [0, 0.05) is 28.4 Å². The molecule has 0 bridgehead atoms. The predicted octanol–water partition coefficient (Wildman–Crippen LogP) is 5.31. The van der Waals surface area contributed by atoms with Gasteiger partial charge in [-0.1, -0.05) is 38.5 Å². The quantitative estimate of drug-likeness (QED) is 0.448. The smallest absolute Gasteiger partial charge is 0.271 e. The molecule has 0 N–H and O–H groups in total. The van der Waals surface area contributed by atoms with Crippen LogP contribution in [0.5, 0.6) is 0 Å². The second-order valence-electron chi connectivity index (χ2n) is 9.48. The summed E-state index contributed by atoms with van der Waals surface area (Å²) in [5.74, 6) is -1.63. The number of amides is 4. The summed E-state index contributed by atoms with van der Waals surface area (Å²) in [5.41, 5.74) is 0.542. The van der Waals surface area contributed by atoms with E-state index in [0.717, 1.165) is 75.5 Å². The van der Waals surface area contributed by atoms with E-state index in [2.05, 4.69) is 4.85 Å². The van der Waals surface area contributed by atoms with E-state index in [9.17, 15) is 19.2 Å². The number of carbonyl (C=O) groups excluding carboxylic acids is 4. The first-order valence-corrected chi connectivity index (χ1v) is 12.6. The van der Waals surface area contributed by atoms with Gasteiger partial charge >= 0.3 is 0 Å². The van der Waals surface area contributed by atoms with Crippen LogP contribution in [0.25, 0.3) is 15.6 Å². The molecule has 0 atom stereocenters. The fourth-order valence-electron chi connectivity index (χ4n) is 6.11. The van der Waals surface area contributed by atoms with Gasteiger partial charge < -0.3 is 0 Å². The molecule has 0 saturated heterocycles. The molecule has 3 heterocycles. The maximum Gasteiger partial charge on any atom is 0.271 e. The fraction of sp³-hybridized carbons (Fsp3) is 0.480. The molecular weight excluding hydrogens is 438 g/mol. The molecule has 0 unspecified atom stereocenters. The zero-order valence-corrected chi connectivity index (χ0v) is 19.0. The molecule has 7 nitrogen and oxygen atoms in total. The fourth-order valence-corrected chi connectivity index (χ4v) is 7.30. The van der Waals surface area contributed by atoms with Gasteiger partial charge in [-0.2, -0.15) is 0 Å². The predicted molar refractivity (Wildman–Crippen MR) is 123 cm³/mol. The van der Waals surface area contributed by atoms with Gasteiger partial charge in [0.1, 0.15) is 9.75 Å². The first kappa shape index (κ1) is 20.5. The molecule has 0 radical (unpaired) electrons. The van der Waals surface area contributed by atoms with Crippen molar-refractivity contribution < 1.29 is 19.2 Å². The third kappa shape index (κ3) is 2.78. The maximum atomic E-state index is 13.6. The van der Waals surface area contributed by atoms with Gasteiger partial charge in [-0.3, -0.25) is 29.0 Å². The third-order valence-corrected chi connectivity index (χ3v) is 8.84. The number of benzene rings is 1. The Morgan fingerprint density at radius 3 is 1.79 bits per heavy atom. The number of imide groups is 2. The van der Waals surface area contributed by atoms with Gasteiger partial charge in [-0.05, 0) is 31.7 Å². The molecule has 2 aliphatic heterocycles. The average Bonchev–Trinajstić information content (AvgIpc) is 3.24. The summed E-state index contributed by atoms with van der Waals surface area (Å²) in [6.45, 7) is 7.74. The molecule has 1 aromatic heterocycles. The van der Waals surface area contributed by atoms with Crippen molar-refractivity contribution in [1.82, 2.24) is 9.80 Å². The molecule has 0 spiro atoms. The van der Waals surface area contributed by atoms with Crippen molar-refractivity contribution in [2.75, 3.05) is 0 Å². The first-order valence-electron chi connectivity index (χ1n) is 11.8. The van der Waals surface area contributed by atoms with E-state index in [-0.39, 0.29) is 40.7 Å². The zero-order valence-electron chi connectivity index (χ0n) is 18.2. The number of nitrogens with zero attached hydrogens (tertiary/aromatic N) is 3. The van der Waals surface area contributed by atoms with Crippen LogP contribution in [0, 0.1) is 6.57 Å². The van der Waals surface area contributed by atoms with E-state index in [4.69, 9.17) is 6.57 Å². The molecule has 4 amide bonds. The van der Waals surface area contributed by atoms with Crippen LogP contribution in [0.1, 0.15) is 104 Å². The number of hydrogen-bond acceptors (Lipinski definition) is 5. The summed E-state index contributed by atoms with van der Waals surface area (Å²) < 4.78 is 0. The Bertz CT molecular complexity index is 1290. The normalized spacial score (nSPS) is 21.8. The van der Waals surface area contributed by atoms with Crippen LogP contribution in [0.2, 0.25) is 0 Å². The van der Waals surface area contributed by atoms with Crippen molar-refractivity contribution in [1.29, 1.82) is 0 Å². The van der Waals surface area contributed by atoms with E-state index in [0.29, 0.717) is 20.5 Å². The molecule has 168 valence electrons. The highest BCUT2D eigenvalue weighted by atomic mass is 32.1. The summed E-state index contributed by atoms with van der Waals surface area (Å²) in [4.78, 5) is 61.2. The van der Waals surface area contributed by atoms with Crippen LogP contribution in [-0.4, -0.2) is 45.5 Å². The molecule has 2 fully saturated rings. The SMILES string of the molecule is [C-]#[N+]c1cc2c3c(sc4c3c1C(=O)N(C1CCCCC1)C4=O)C(=O)N(C1CCCCC1)C2=O. The van der Waals surface area contributed by atoms with Crippen LogP contribution in [0.4, 0.5) is 5.69 Å². The van der Waals surface area contributed by atoms with E-state index >= 15 is 0 Å². The lowest BCUT2D eigenvalue weighted by molar-refractivity contribution is 0.0489. The maximum absolute atomic E-state index is 13.6.